The highest BCUT2D eigenvalue weighted by Gasteiger charge is 2.52. The van der Waals surface area contributed by atoms with E-state index in [4.69, 9.17) is 4.74 Å². The fourth-order valence-electron chi connectivity index (χ4n) is 4.15. The maximum atomic E-state index is 13.0. The number of nitrogens with one attached hydrogen (secondary N) is 1. The van der Waals surface area contributed by atoms with Crippen LogP contribution in [0.3, 0.4) is 0 Å². The monoisotopic (exact) mass is 495 g/mol. The Morgan fingerprint density at radius 2 is 2.00 bits per heavy atom. The summed E-state index contributed by atoms with van der Waals surface area (Å²) < 4.78 is 6.65. The van der Waals surface area contributed by atoms with E-state index in [9.17, 15) is 14.9 Å². The second-order valence-electron chi connectivity index (χ2n) is 8.58. The standard InChI is InChI=1S/C21H26IN3O3/c1-21(2,3)28-20(27)25-17-9-6-14(11-17)18(25)19(26)24-16(12-23)10-13-4-7-15(22)8-5-13/h4-5,7-8,14,16-18H,6,9-11H2,1-3H3,(H,24,26)/t14-,16-,17+,18-/m0/s1. The van der Waals surface area contributed by atoms with Gasteiger partial charge >= 0.3 is 6.09 Å². The van der Waals surface area contributed by atoms with Crippen molar-refractivity contribution < 1.29 is 14.3 Å². The number of rotatable bonds is 4. The summed E-state index contributed by atoms with van der Waals surface area (Å²) in [5.41, 5.74) is 0.379. The Morgan fingerprint density at radius 3 is 2.61 bits per heavy atom. The Hall–Kier alpha value is -1.82. The molecule has 2 amide bonds. The van der Waals surface area contributed by atoms with Gasteiger partial charge in [0.1, 0.15) is 17.7 Å². The number of carbonyl (C=O) groups is 2. The number of piperidine rings is 1. The lowest BCUT2D eigenvalue weighted by Gasteiger charge is -2.35. The third-order valence-corrected chi connectivity index (χ3v) is 6.00. The van der Waals surface area contributed by atoms with Crippen molar-refractivity contribution in [3.05, 3.63) is 33.4 Å². The van der Waals surface area contributed by atoms with Crippen molar-refractivity contribution in [2.45, 2.75) is 70.2 Å². The van der Waals surface area contributed by atoms with Gasteiger partial charge in [0, 0.05) is 16.0 Å². The maximum Gasteiger partial charge on any atom is 0.411 e. The smallest absolute Gasteiger partial charge is 0.411 e. The number of benzene rings is 1. The summed E-state index contributed by atoms with van der Waals surface area (Å²) in [6.45, 7) is 5.46. The molecular formula is C21H26IN3O3. The van der Waals surface area contributed by atoms with E-state index in [0.717, 1.165) is 28.4 Å². The van der Waals surface area contributed by atoms with E-state index in [1.54, 1.807) is 4.90 Å². The van der Waals surface area contributed by atoms with Crippen molar-refractivity contribution in [1.29, 1.82) is 5.26 Å². The van der Waals surface area contributed by atoms with Gasteiger partial charge < -0.3 is 10.1 Å². The zero-order chi connectivity index (χ0) is 20.5. The lowest BCUT2D eigenvalue weighted by Crippen LogP contribution is -2.55. The van der Waals surface area contributed by atoms with Crippen LogP contribution in [0, 0.1) is 20.8 Å². The summed E-state index contributed by atoms with van der Waals surface area (Å²) in [7, 11) is 0. The van der Waals surface area contributed by atoms with Crippen molar-refractivity contribution in [3.63, 3.8) is 0 Å². The zero-order valence-electron chi connectivity index (χ0n) is 16.4. The Kier molecular flexibility index (Phi) is 6.18. The average Bonchev–Trinajstić information content (AvgIpc) is 3.22. The van der Waals surface area contributed by atoms with E-state index < -0.39 is 23.8 Å². The summed E-state index contributed by atoms with van der Waals surface area (Å²) in [4.78, 5) is 27.3. The van der Waals surface area contributed by atoms with Crippen LogP contribution in [0.15, 0.2) is 24.3 Å². The molecule has 0 unspecified atom stereocenters. The predicted molar refractivity (Wildman–Crippen MR) is 113 cm³/mol. The third kappa shape index (κ3) is 4.77. The van der Waals surface area contributed by atoms with Crippen molar-refractivity contribution in [1.82, 2.24) is 10.2 Å². The first-order valence-corrected chi connectivity index (χ1v) is 10.7. The van der Waals surface area contributed by atoms with Gasteiger partial charge in [0.05, 0.1) is 6.07 Å². The molecule has 1 saturated carbocycles. The average molecular weight is 495 g/mol. The molecule has 2 bridgehead atoms. The molecule has 7 heteroatoms. The highest BCUT2D eigenvalue weighted by Crippen LogP contribution is 2.43. The molecule has 2 fully saturated rings. The molecule has 1 aliphatic heterocycles. The Morgan fingerprint density at radius 1 is 1.32 bits per heavy atom. The van der Waals surface area contributed by atoms with Gasteiger partial charge in [-0.15, -0.1) is 0 Å². The lowest BCUT2D eigenvalue weighted by atomic mass is 9.97. The molecule has 3 rings (SSSR count). The van der Waals surface area contributed by atoms with Gasteiger partial charge in [-0.1, -0.05) is 12.1 Å². The molecule has 1 heterocycles. The molecule has 4 atom stereocenters. The number of nitriles is 1. The molecule has 0 radical (unpaired) electrons. The molecular weight excluding hydrogens is 469 g/mol. The van der Waals surface area contributed by atoms with E-state index in [2.05, 4.69) is 34.0 Å². The topological polar surface area (TPSA) is 82.4 Å². The molecule has 1 aromatic rings. The number of hydrogen-bond donors (Lipinski definition) is 1. The van der Waals surface area contributed by atoms with Crippen LogP contribution in [0.4, 0.5) is 4.79 Å². The summed E-state index contributed by atoms with van der Waals surface area (Å²) >= 11 is 2.23. The normalized spacial score (nSPS) is 24.5. The van der Waals surface area contributed by atoms with Gasteiger partial charge in [0.2, 0.25) is 5.91 Å². The van der Waals surface area contributed by atoms with Crippen molar-refractivity contribution >= 4 is 34.6 Å². The first kappa shape index (κ1) is 20.9. The number of nitrogens with zero attached hydrogens (tertiary/aromatic N) is 2. The molecule has 0 spiro atoms. The molecule has 2 aliphatic rings. The van der Waals surface area contributed by atoms with Crippen LogP contribution in [0.2, 0.25) is 0 Å². The minimum atomic E-state index is -0.632. The van der Waals surface area contributed by atoms with Gasteiger partial charge in [-0.2, -0.15) is 5.26 Å². The third-order valence-electron chi connectivity index (χ3n) is 5.28. The molecule has 6 nitrogen and oxygen atoms in total. The number of amides is 2. The van der Waals surface area contributed by atoms with Gasteiger partial charge in [-0.25, -0.2) is 4.79 Å². The quantitative estimate of drug-likeness (QED) is 0.647. The number of fused-ring (bicyclic) bond motifs is 2. The van der Waals surface area contributed by atoms with Crippen LogP contribution >= 0.6 is 22.6 Å². The van der Waals surface area contributed by atoms with Crippen LogP contribution in [0.5, 0.6) is 0 Å². The highest BCUT2D eigenvalue weighted by molar-refractivity contribution is 14.1. The minimum absolute atomic E-state index is 0.0485. The Balaban J connectivity index is 1.69. The summed E-state index contributed by atoms with van der Waals surface area (Å²) in [6, 6.07) is 8.92. The van der Waals surface area contributed by atoms with E-state index in [-0.39, 0.29) is 17.9 Å². The number of halogens is 1. The Bertz CT molecular complexity index is 782. The van der Waals surface area contributed by atoms with Crippen LogP contribution in [0.25, 0.3) is 0 Å². The zero-order valence-corrected chi connectivity index (χ0v) is 18.6. The number of ether oxygens (including phenoxy) is 1. The van der Waals surface area contributed by atoms with Crippen molar-refractivity contribution in [2.75, 3.05) is 0 Å². The van der Waals surface area contributed by atoms with E-state index in [0.29, 0.717) is 6.42 Å². The van der Waals surface area contributed by atoms with Crippen LogP contribution in [-0.4, -0.2) is 40.6 Å². The number of carbonyl (C=O) groups excluding carboxylic acids is 2. The molecule has 1 aliphatic carbocycles. The van der Waals surface area contributed by atoms with E-state index in [1.165, 1.54) is 0 Å². The van der Waals surface area contributed by atoms with Crippen LogP contribution in [-0.2, 0) is 16.0 Å². The van der Waals surface area contributed by atoms with E-state index in [1.807, 2.05) is 45.0 Å². The fraction of sp³-hybridized carbons (Fsp3) is 0.571. The summed E-state index contributed by atoms with van der Waals surface area (Å²) in [5.74, 6) is -0.120. The second-order valence-corrected chi connectivity index (χ2v) is 9.83. The van der Waals surface area contributed by atoms with Gasteiger partial charge in [-0.05, 0) is 86.2 Å². The highest BCUT2D eigenvalue weighted by atomic mass is 127. The van der Waals surface area contributed by atoms with Gasteiger partial charge in [0.15, 0.2) is 0 Å². The first-order valence-electron chi connectivity index (χ1n) is 9.63. The largest absolute Gasteiger partial charge is 0.444 e. The lowest BCUT2D eigenvalue weighted by molar-refractivity contribution is -0.128. The van der Waals surface area contributed by atoms with Gasteiger partial charge in [0.25, 0.3) is 0 Å². The van der Waals surface area contributed by atoms with E-state index >= 15 is 0 Å². The Labute approximate surface area is 179 Å². The molecule has 28 heavy (non-hydrogen) atoms. The fourth-order valence-corrected chi connectivity index (χ4v) is 4.50. The SMILES string of the molecule is CC(C)(C)OC(=O)N1[C@@H]2CC[C@@H](C2)[C@H]1C(=O)N[C@H](C#N)Cc1ccc(I)cc1. The molecule has 150 valence electrons. The van der Waals surface area contributed by atoms with Gasteiger partial charge in [-0.3, -0.25) is 9.69 Å². The molecule has 1 saturated heterocycles. The molecule has 1 aromatic carbocycles. The van der Waals surface area contributed by atoms with Crippen molar-refractivity contribution in [3.8, 4) is 6.07 Å². The summed E-state index contributed by atoms with van der Waals surface area (Å²) in [5, 5.41) is 12.4. The minimum Gasteiger partial charge on any atom is -0.444 e. The van der Waals surface area contributed by atoms with Crippen LogP contribution < -0.4 is 5.32 Å². The van der Waals surface area contributed by atoms with Crippen LogP contribution in [0.1, 0.15) is 45.6 Å². The number of likely N-dealkylation sites (tertiary alicyclic amines) is 1. The predicted octanol–water partition coefficient (Wildman–Crippen LogP) is 3.63. The number of hydrogen-bond acceptors (Lipinski definition) is 4. The molecule has 1 N–H and O–H groups in total. The molecule has 0 aromatic heterocycles. The maximum absolute atomic E-state index is 13.0. The summed E-state index contributed by atoms with van der Waals surface area (Å²) in [6.07, 6.45) is 2.65. The first-order chi connectivity index (χ1) is 13.2. The second kappa shape index (κ2) is 8.27. The van der Waals surface area contributed by atoms with Crippen molar-refractivity contribution in [2.24, 2.45) is 5.92 Å².